The Labute approximate surface area is 78.0 Å². The molecule has 0 saturated heterocycles. The number of hydrogen-bond donors (Lipinski definition) is 0. The summed E-state index contributed by atoms with van der Waals surface area (Å²) in [5.41, 5.74) is 2.25. The van der Waals surface area contributed by atoms with Crippen LogP contribution in [0.3, 0.4) is 0 Å². The fraction of sp³-hybridized carbons (Fsp3) is 0.273. The van der Waals surface area contributed by atoms with Crippen molar-refractivity contribution >= 4 is 6.21 Å². The molecule has 0 bridgehead atoms. The van der Waals surface area contributed by atoms with Gasteiger partial charge in [-0.1, -0.05) is 12.1 Å². The standard InChI is InChI=1S/C11H12N2/c1-9-5-6-10(8-13-9)11-4-2-3-7-12-11/h2-3,5-8,11H,4H2,1H3. The fourth-order valence-electron chi connectivity index (χ4n) is 1.38. The molecule has 0 spiro atoms. The van der Waals surface area contributed by atoms with E-state index in [1.807, 2.05) is 31.5 Å². The van der Waals surface area contributed by atoms with E-state index in [-0.39, 0.29) is 6.04 Å². The van der Waals surface area contributed by atoms with Crippen LogP contribution in [-0.4, -0.2) is 11.2 Å². The van der Waals surface area contributed by atoms with Crippen LogP contribution in [0.5, 0.6) is 0 Å². The largest absolute Gasteiger partial charge is 0.285 e. The van der Waals surface area contributed by atoms with Crippen LogP contribution in [0.2, 0.25) is 0 Å². The Kier molecular flexibility index (Phi) is 2.21. The van der Waals surface area contributed by atoms with Gasteiger partial charge in [0.25, 0.3) is 0 Å². The number of nitrogens with zero attached hydrogens (tertiary/aromatic N) is 2. The van der Waals surface area contributed by atoms with Crippen LogP contribution in [0, 0.1) is 6.92 Å². The summed E-state index contributed by atoms with van der Waals surface area (Å²) >= 11 is 0. The number of pyridine rings is 1. The van der Waals surface area contributed by atoms with Gasteiger partial charge in [-0.3, -0.25) is 9.98 Å². The van der Waals surface area contributed by atoms with Crippen molar-refractivity contribution in [2.75, 3.05) is 0 Å². The quantitative estimate of drug-likeness (QED) is 0.638. The zero-order chi connectivity index (χ0) is 9.10. The van der Waals surface area contributed by atoms with Crippen molar-refractivity contribution in [3.8, 4) is 0 Å². The molecule has 0 N–H and O–H groups in total. The van der Waals surface area contributed by atoms with Crippen LogP contribution in [-0.2, 0) is 0 Å². The van der Waals surface area contributed by atoms with Crippen molar-refractivity contribution in [2.24, 2.45) is 4.99 Å². The monoisotopic (exact) mass is 172 g/mol. The Balaban J connectivity index is 2.21. The fourth-order valence-corrected chi connectivity index (χ4v) is 1.38. The summed E-state index contributed by atoms with van der Waals surface area (Å²) in [5, 5.41) is 0. The molecule has 0 radical (unpaired) electrons. The third kappa shape index (κ3) is 1.83. The molecule has 1 unspecified atom stereocenters. The number of aryl methyl sites for hydroxylation is 1. The molecule has 1 aromatic rings. The zero-order valence-corrected chi connectivity index (χ0v) is 7.64. The molecule has 0 fully saturated rings. The Hall–Kier alpha value is -1.44. The summed E-state index contributed by atoms with van der Waals surface area (Å²) in [5.74, 6) is 0. The number of allylic oxidation sites excluding steroid dienone is 1. The maximum Gasteiger partial charge on any atom is 0.0798 e. The van der Waals surface area contributed by atoms with Crippen molar-refractivity contribution in [3.05, 3.63) is 41.7 Å². The van der Waals surface area contributed by atoms with Crippen molar-refractivity contribution in [1.82, 2.24) is 4.98 Å². The number of rotatable bonds is 1. The van der Waals surface area contributed by atoms with Gasteiger partial charge in [0.2, 0.25) is 0 Å². The van der Waals surface area contributed by atoms with Gasteiger partial charge in [0, 0.05) is 18.1 Å². The Morgan fingerprint density at radius 1 is 1.38 bits per heavy atom. The third-order valence-corrected chi connectivity index (χ3v) is 2.17. The van der Waals surface area contributed by atoms with E-state index < -0.39 is 0 Å². The predicted molar refractivity (Wildman–Crippen MR) is 54.0 cm³/mol. The number of dihydropyridines is 1. The molecule has 0 aliphatic carbocycles. The smallest absolute Gasteiger partial charge is 0.0798 e. The maximum absolute atomic E-state index is 4.38. The van der Waals surface area contributed by atoms with Crippen LogP contribution >= 0.6 is 0 Å². The van der Waals surface area contributed by atoms with Gasteiger partial charge < -0.3 is 0 Å². The molecule has 66 valence electrons. The first-order valence-electron chi connectivity index (χ1n) is 4.47. The highest BCUT2D eigenvalue weighted by Crippen LogP contribution is 2.22. The lowest BCUT2D eigenvalue weighted by Gasteiger charge is -2.12. The first-order valence-corrected chi connectivity index (χ1v) is 4.47. The maximum atomic E-state index is 4.38. The van der Waals surface area contributed by atoms with Crippen LogP contribution in [0.15, 0.2) is 35.5 Å². The molecule has 2 nitrogen and oxygen atoms in total. The minimum absolute atomic E-state index is 0.276. The highest BCUT2D eigenvalue weighted by Gasteiger charge is 2.08. The topological polar surface area (TPSA) is 25.2 Å². The van der Waals surface area contributed by atoms with Crippen molar-refractivity contribution in [2.45, 2.75) is 19.4 Å². The van der Waals surface area contributed by atoms with E-state index in [1.54, 1.807) is 0 Å². The zero-order valence-electron chi connectivity index (χ0n) is 7.64. The van der Waals surface area contributed by atoms with Crippen molar-refractivity contribution < 1.29 is 0 Å². The van der Waals surface area contributed by atoms with E-state index in [0.29, 0.717) is 0 Å². The van der Waals surface area contributed by atoms with Crippen LogP contribution in [0.4, 0.5) is 0 Å². The lowest BCUT2D eigenvalue weighted by atomic mass is 10.0. The Morgan fingerprint density at radius 2 is 2.31 bits per heavy atom. The number of aliphatic imine (C=N–C) groups is 1. The molecular weight excluding hydrogens is 160 g/mol. The van der Waals surface area contributed by atoms with Gasteiger partial charge in [0.1, 0.15) is 0 Å². The lowest BCUT2D eigenvalue weighted by Crippen LogP contribution is -1.98. The van der Waals surface area contributed by atoms with E-state index in [0.717, 1.165) is 12.1 Å². The molecule has 0 saturated carbocycles. The molecule has 1 aliphatic heterocycles. The predicted octanol–water partition coefficient (Wildman–Crippen LogP) is 2.46. The van der Waals surface area contributed by atoms with Gasteiger partial charge >= 0.3 is 0 Å². The van der Waals surface area contributed by atoms with Gasteiger partial charge in [-0.25, -0.2) is 0 Å². The number of hydrogen-bond acceptors (Lipinski definition) is 2. The molecule has 13 heavy (non-hydrogen) atoms. The summed E-state index contributed by atoms with van der Waals surface area (Å²) < 4.78 is 0. The highest BCUT2D eigenvalue weighted by molar-refractivity contribution is 5.72. The van der Waals surface area contributed by atoms with Crippen molar-refractivity contribution in [3.63, 3.8) is 0 Å². The summed E-state index contributed by atoms with van der Waals surface area (Å²) in [6.07, 6.45) is 8.88. The molecule has 1 aromatic heterocycles. The summed E-state index contributed by atoms with van der Waals surface area (Å²) in [6, 6.07) is 4.41. The van der Waals surface area contributed by atoms with Gasteiger partial charge in [0.15, 0.2) is 0 Å². The van der Waals surface area contributed by atoms with Gasteiger partial charge in [-0.15, -0.1) is 0 Å². The second-order valence-corrected chi connectivity index (χ2v) is 3.21. The molecule has 2 heteroatoms. The molecule has 0 aromatic carbocycles. The summed E-state index contributed by atoms with van der Waals surface area (Å²) in [4.78, 5) is 8.63. The van der Waals surface area contributed by atoms with Crippen LogP contribution in [0.1, 0.15) is 23.7 Å². The second-order valence-electron chi connectivity index (χ2n) is 3.21. The lowest BCUT2D eigenvalue weighted by molar-refractivity contribution is 0.735. The van der Waals surface area contributed by atoms with E-state index in [1.165, 1.54) is 5.56 Å². The van der Waals surface area contributed by atoms with E-state index in [2.05, 4.69) is 22.1 Å². The van der Waals surface area contributed by atoms with E-state index in [4.69, 9.17) is 0 Å². The Bertz CT molecular complexity index is 336. The molecule has 0 amide bonds. The highest BCUT2D eigenvalue weighted by atomic mass is 14.8. The first-order chi connectivity index (χ1) is 6.36. The van der Waals surface area contributed by atoms with Crippen LogP contribution in [0.25, 0.3) is 0 Å². The van der Waals surface area contributed by atoms with Gasteiger partial charge in [-0.2, -0.15) is 0 Å². The molecule has 1 aliphatic rings. The summed E-state index contributed by atoms with van der Waals surface area (Å²) in [7, 11) is 0. The summed E-state index contributed by atoms with van der Waals surface area (Å²) in [6.45, 7) is 1.99. The molecule has 2 heterocycles. The normalized spacial score (nSPS) is 20.5. The van der Waals surface area contributed by atoms with E-state index >= 15 is 0 Å². The third-order valence-electron chi connectivity index (χ3n) is 2.17. The average Bonchev–Trinajstić information content (AvgIpc) is 2.20. The van der Waals surface area contributed by atoms with Crippen molar-refractivity contribution in [1.29, 1.82) is 0 Å². The Morgan fingerprint density at radius 3 is 2.92 bits per heavy atom. The number of aromatic nitrogens is 1. The molecule has 2 rings (SSSR count). The van der Waals surface area contributed by atoms with Crippen LogP contribution < -0.4 is 0 Å². The second kappa shape index (κ2) is 3.52. The molecular formula is C11H12N2. The minimum atomic E-state index is 0.276. The molecule has 1 atom stereocenters. The first kappa shape index (κ1) is 8.17. The van der Waals surface area contributed by atoms with E-state index in [9.17, 15) is 0 Å². The van der Waals surface area contributed by atoms with Gasteiger partial charge in [0.05, 0.1) is 6.04 Å². The average molecular weight is 172 g/mol. The minimum Gasteiger partial charge on any atom is -0.285 e. The van der Waals surface area contributed by atoms with Gasteiger partial charge in [-0.05, 0) is 31.1 Å². The SMILES string of the molecule is Cc1ccc(C2CC=CC=N2)cn1.